The molecular weight excluding hydrogens is 297 g/mol. The van der Waals surface area contributed by atoms with E-state index in [1.54, 1.807) is 6.07 Å². The highest BCUT2D eigenvalue weighted by molar-refractivity contribution is 9.10. The third-order valence-corrected chi connectivity index (χ3v) is 4.09. The van der Waals surface area contributed by atoms with E-state index in [0.717, 1.165) is 19.3 Å². The summed E-state index contributed by atoms with van der Waals surface area (Å²) in [5, 5.41) is 2.95. The Bertz CT molecular complexity index is 449. The molecule has 0 radical (unpaired) electrons. The fraction of sp³-hybridized carbons (Fsp3) is 0.500. The molecule has 0 aliphatic heterocycles. The molecule has 2 nitrogen and oxygen atoms in total. The second kappa shape index (κ2) is 5.83. The van der Waals surface area contributed by atoms with Crippen LogP contribution >= 0.6 is 15.9 Å². The first-order chi connectivity index (χ1) is 8.58. The number of hydrogen-bond donors (Lipinski definition) is 1. The van der Waals surface area contributed by atoms with Crippen molar-refractivity contribution in [1.82, 2.24) is 5.32 Å². The fourth-order valence-corrected chi connectivity index (χ4v) is 2.81. The van der Waals surface area contributed by atoms with Crippen molar-refractivity contribution in [1.29, 1.82) is 0 Å². The SMILES string of the molecule is C[C@H]1CCCC[C@H]1NC(=O)c1cc(Br)ccc1F. The first kappa shape index (κ1) is 13.5. The van der Waals surface area contributed by atoms with E-state index in [0.29, 0.717) is 10.4 Å². The van der Waals surface area contributed by atoms with E-state index in [-0.39, 0.29) is 17.5 Å². The van der Waals surface area contributed by atoms with Crippen molar-refractivity contribution in [2.75, 3.05) is 0 Å². The summed E-state index contributed by atoms with van der Waals surface area (Å²) < 4.78 is 14.3. The van der Waals surface area contributed by atoms with Gasteiger partial charge in [0, 0.05) is 10.5 Å². The largest absolute Gasteiger partial charge is 0.349 e. The molecule has 0 aromatic heterocycles. The van der Waals surface area contributed by atoms with Crippen molar-refractivity contribution < 1.29 is 9.18 Å². The van der Waals surface area contributed by atoms with Gasteiger partial charge in [-0.3, -0.25) is 4.79 Å². The first-order valence-corrected chi connectivity index (χ1v) is 7.13. The van der Waals surface area contributed by atoms with Gasteiger partial charge in [-0.25, -0.2) is 4.39 Å². The highest BCUT2D eigenvalue weighted by Gasteiger charge is 2.24. The maximum atomic E-state index is 13.6. The Morgan fingerprint density at radius 2 is 2.11 bits per heavy atom. The maximum Gasteiger partial charge on any atom is 0.254 e. The lowest BCUT2D eigenvalue weighted by atomic mass is 9.86. The quantitative estimate of drug-likeness (QED) is 0.881. The summed E-state index contributed by atoms with van der Waals surface area (Å²) in [4.78, 5) is 12.1. The van der Waals surface area contributed by atoms with Crippen LogP contribution in [0.1, 0.15) is 43.0 Å². The lowest BCUT2D eigenvalue weighted by Crippen LogP contribution is -2.41. The van der Waals surface area contributed by atoms with Gasteiger partial charge in [-0.15, -0.1) is 0 Å². The predicted octanol–water partition coefficient (Wildman–Crippen LogP) is 3.90. The van der Waals surface area contributed by atoms with E-state index in [1.807, 2.05) is 0 Å². The predicted molar refractivity (Wildman–Crippen MR) is 73.0 cm³/mol. The molecule has 1 aromatic rings. The van der Waals surface area contributed by atoms with Gasteiger partial charge in [-0.1, -0.05) is 35.7 Å². The average Bonchev–Trinajstić information content (AvgIpc) is 2.35. The second-order valence-electron chi connectivity index (χ2n) is 4.97. The van der Waals surface area contributed by atoms with Gasteiger partial charge in [0.15, 0.2) is 0 Å². The van der Waals surface area contributed by atoms with Crippen LogP contribution in [0.25, 0.3) is 0 Å². The van der Waals surface area contributed by atoms with Crippen molar-refractivity contribution in [3.05, 3.63) is 34.1 Å². The van der Waals surface area contributed by atoms with Gasteiger partial charge in [-0.05, 0) is 37.0 Å². The van der Waals surface area contributed by atoms with Crippen molar-refractivity contribution >= 4 is 21.8 Å². The van der Waals surface area contributed by atoms with Crippen LogP contribution in [0.4, 0.5) is 4.39 Å². The highest BCUT2D eigenvalue weighted by atomic mass is 79.9. The Morgan fingerprint density at radius 3 is 2.83 bits per heavy atom. The molecular formula is C14H17BrFNO. The number of hydrogen-bond acceptors (Lipinski definition) is 1. The number of rotatable bonds is 2. The minimum atomic E-state index is -0.473. The van der Waals surface area contributed by atoms with Gasteiger partial charge in [-0.2, -0.15) is 0 Å². The molecule has 1 saturated carbocycles. The zero-order valence-electron chi connectivity index (χ0n) is 10.4. The maximum absolute atomic E-state index is 13.6. The molecule has 1 aliphatic carbocycles. The molecule has 4 heteroatoms. The average molecular weight is 314 g/mol. The molecule has 0 unspecified atom stereocenters. The van der Waals surface area contributed by atoms with Gasteiger partial charge < -0.3 is 5.32 Å². The van der Waals surface area contributed by atoms with Crippen LogP contribution in [0, 0.1) is 11.7 Å². The second-order valence-corrected chi connectivity index (χ2v) is 5.88. The van der Waals surface area contributed by atoms with Crippen LogP contribution in [0.5, 0.6) is 0 Å². The minimum Gasteiger partial charge on any atom is -0.349 e. The van der Waals surface area contributed by atoms with E-state index in [1.165, 1.54) is 18.6 Å². The van der Waals surface area contributed by atoms with E-state index >= 15 is 0 Å². The molecule has 98 valence electrons. The Balaban J connectivity index is 2.09. The Hall–Kier alpha value is -0.900. The fourth-order valence-electron chi connectivity index (χ4n) is 2.45. The summed E-state index contributed by atoms with van der Waals surface area (Å²) in [6.07, 6.45) is 4.48. The van der Waals surface area contributed by atoms with Crippen molar-refractivity contribution in [3.63, 3.8) is 0 Å². The normalized spacial score (nSPS) is 23.7. The number of amides is 1. The van der Waals surface area contributed by atoms with Crippen molar-refractivity contribution in [2.45, 2.75) is 38.6 Å². The van der Waals surface area contributed by atoms with E-state index < -0.39 is 5.82 Å². The Kier molecular flexibility index (Phi) is 4.38. The van der Waals surface area contributed by atoms with Gasteiger partial charge in [0.05, 0.1) is 5.56 Å². The lowest BCUT2D eigenvalue weighted by Gasteiger charge is -2.29. The van der Waals surface area contributed by atoms with Crippen LogP contribution in [-0.2, 0) is 0 Å². The number of benzene rings is 1. The third-order valence-electron chi connectivity index (χ3n) is 3.60. The molecule has 18 heavy (non-hydrogen) atoms. The van der Waals surface area contributed by atoms with Crippen LogP contribution in [0.2, 0.25) is 0 Å². The lowest BCUT2D eigenvalue weighted by molar-refractivity contribution is 0.0906. The molecule has 1 aliphatic rings. The van der Waals surface area contributed by atoms with E-state index in [2.05, 4.69) is 28.2 Å². The number of halogens is 2. The van der Waals surface area contributed by atoms with E-state index in [9.17, 15) is 9.18 Å². The van der Waals surface area contributed by atoms with Gasteiger partial charge in [0.2, 0.25) is 0 Å². The Morgan fingerprint density at radius 1 is 1.39 bits per heavy atom. The first-order valence-electron chi connectivity index (χ1n) is 6.34. The van der Waals surface area contributed by atoms with Crippen LogP contribution in [0.3, 0.4) is 0 Å². The van der Waals surface area contributed by atoms with Crippen molar-refractivity contribution in [2.24, 2.45) is 5.92 Å². The highest BCUT2D eigenvalue weighted by Crippen LogP contribution is 2.24. The number of nitrogens with one attached hydrogen (secondary N) is 1. The summed E-state index contributed by atoms with van der Waals surface area (Å²) >= 11 is 3.26. The summed E-state index contributed by atoms with van der Waals surface area (Å²) in [6.45, 7) is 2.14. The van der Waals surface area contributed by atoms with Gasteiger partial charge >= 0.3 is 0 Å². The molecule has 0 bridgehead atoms. The topological polar surface area (TPSA) is 29.1 Å². The molecule has 1 fully saturated rings. The van der Waals surface area contributed by atoms with Gasteiger partial charge in [0.1, 0.15) is 5.82 Å². The molecule has 2 atom stereocenters. The summed E-state index contributed by atoms with van der Waals surface area (Å²) in [7, 11) is 0. The number of carbonyl (C=O) groups excluding carboxylic acids is 1. The van der Waals surface area contributed by atoms with Crippen LogP contribution in [0.15, 0.2) is 22.7 Å². The standard InChI is InChI=1S/C14H17BrFNO/c1-9-4-2-3-5-13(9)17-14(18)11-8-10(15)6-7-12(11)16/h6-9,13H,2-5H2,1H3,(H,17,18)/t9-,13+/m0/s1. The molecule has 2 rings (SSSR count). The summed E-state index contributed by atoms with van der Waals surface area (Å²) in [6, 6.07) is 4.60. The number of carbonyl (C=O) groups is 1. The molecule has 0 saturated heterocycles. The van der Waals surface area contributed by atoms with Crippen LogP contribution < -0.4 is 5.32 Å². The molecule has 1 aromatic carbocycles. The zero-order chi connectivity index (χ0) is 13.1. The Labute approximate surface area is 115 Å². The minimum absolute atomic E-state index is 0.113. The summed E-state index contributed by atoms with van der Waals surface area (Å²) in [5.74, 6) is -0.315. The summed E-state index contributed by atoms with van der Waals surface area (Å²) in [5.41, 5.74) is 0.113. The van der Waals surface area contributed by atoms with Crippen molar-refractivity contribution in [3.8, 4) is 0 Å². The monoisotopic (exact) mass is 313 g/mol. The van der Waals surface area contributed by atoms with E-state index in [4.69, 9.17) is 0 Å². The molecule has 0 spiro atoms. The zero-order valence-corrected chi connectivity index (χ0v) is 12.0. The third kappa shape index (κ3) is 3.10. The van der Waals surface area contributed by atoms with Crippen LogP contribution in [-0.4, -0.2) is 11.9 Å². The molecule has 1 amide bonds. The smallest absolute Gasteiger partial charge is 0.254 e. The molecule has 0 heterocycles. The molecule has 1 N–H and O–H groups in total. The van der Waals surface area contributed by atoms with Gasteiger partial charge in [0.25, 0.3) is 5.91 Å².